The lowest BCUT2D eigenvalue weighted by molar-refractivity contribution is -0.137. The summed E-state index contributed by atoms with van der Waals surface area (Å²) in [7, 11) is 0. The highest BCUT2D eigenvalue weighted by atomic mass is 19.4. The van der Waals surface area contributed by atoms with Crippen LogP contribution in [0.2, 0.25) is 0 Å². The first-order chi connectivity index (χ1) is 15.8. The molecule has 1 saturated heterocycles. The Bertz CT molecular complexity index is 1170. The van der Waals surface area contributed by atoms with Crippen LogP contribution < -0.4 is 4.90 Å². The van der Waals surface area contributed by atoms with Crippen molar-refractivity contribution in [3.63, 3.8) is 0 Å². The molecule has 2 aliphatic rings. The topological polar surface area (TPSA) is 41.4 Å². The van der Waals surface area contributed by atoms with Crippen LogP contribution in [0.1, 0.15) is 45.9 Å². The number of carbonyl (C=O) groups excluding carboxylic acids is 1. The molecule has 0 atom stereocenters. The summed E-state index contributed by atoms with van der Waals surface area (Å²) in [6.07, 6.45) is -1.10. The van der Waals surface area contributed by atoms with E-state index in [1.165, 1.54) is 22.5 Å². The van der Waals surface area contributed by atoms with Crippen molar-refractivity contribution in [1.82, 2.24) is 14.7 Å². The minimum atomic E-state index is -4.43. The number of hydrogen-bond acceptors (Lipinski definition) is 3. The smallest absolute Gasteiger partial charge is 0.368 e. The fraction of sp³-hybridized carbons (Fsp3) is 0.360. The number of carbonyl (C=O) groups is 1. The third-order valence-electron chi connectivity index (χ3n) is 6.35. The Kier molecular flexibility index (Phi) is 5.38. The van der Waals surface area contributed by atoms with Gasteiger partial charge in [0.1, 0.15) is 0 Å². The van der Waals surface area contributed by atoms with Gasteiger partial charge in [0.25, 0.3) is 5.91 Å². The molecule has 0 unspecified atom stereocenters. The maximum atomic E-state index is 13.4. The second-order valence-corrected chi connectivity index (χ2v) is 8.80. The van der Waals surface area contributed by atoms with Crippen LogP contribution in [0, 0.1) is 6.92 Å². The van der Waals surface area contributed by atoms with E-state index in [1.54, 1.807) is 6.07 Å². The van der Waals surface area contributed by atoms with Gasteiger partial charge in [0.05, 0.1) is 28.7 Å². The molecule has 1 aromatic heterocycles. The van der Waals surface area contributed by atoms with Gasteiger partial charge in [0.2, 0.25) is 0 Å². The number of benzene rings is 2. The lowest BCUT2D eigenvalue weighted by Gasteiger charge is -2.36. The third-order valence-corrected chi connectivity index (χ3v) is 6.35. The van der Waals surface area contributed by atoms with Crippen LogP contribution in [-0.2, 0) is 6.18 Å². The van der Waals surface area contributed by atoms with Gasteiger partial charge in [-0.15, -0.1) is 0 Å². The van der Waals surface area contributed by atoms with Crippen molar-refractivity contribution in [2.24, 2.45) is 0 Å². The summed E-state index contributed by atoms with van der Waals surface area (Å²) in [5.41, 5.74) is 3.17. The number of aromatic nitrogens is 2. The SMILES string of the molecule is Cc1cccc(N2CCN(C(=O)c3cnn(-c4cccc(C(F)(F)F)c4)c3C3CC3)CC2)c1. The van der Waals surface area contributed by atoms with Gasteiger partial charge in [-0.25, -0.2) is 4.68 Å². The fourth-order valence-corrected chi connectivity index (χ4v) is 4.45. The number of nitrogens with zero attached hydrogens (tertiary/aromatic N) is 4. The van der Waals surface area contributed by atoms with Crippen LogP contribution in [0.5, 0.6) is 0 Å². The highest BCUT2D eigenvalue weighted by molar-refractivity contribution is 5.95. The first kappa shape index (κ1) is 21.6. The largest absolute Gasteiger partial charge is 0.416 e. The van der Waals surface area contributed by atoms with Gasteiger partial charge in [0.15, 0.2) is 0 Å². The standard InChI is InChI=1S/C25H25F3N4O/c1-17-4-2-6-20(14-17)30-10-12-31(13-11-30)24(33)22-16-29-32(23(22)18-8-9-18)21-7-3-5-19(15-21)25(26,27)28/h2-7,14-16,18H,8-13H2,1H3. The monoisotopic (exact) mass is 454 g/mol. The predicted molar refractivity (Wildman–Crippen MR) is 120 cm³/mol. The van der Waals surface area contributed by atoms with Crippen molar-refractivity contribution < 1.29 is 18.0 Å². The van der Waals surface area contributed by atoms with E-state index in [0.29, 0.717) is 24.3 Å². The molecule has 0 N–H and O–H groups in total. The molecule has 0 spiro atoms. The molecule has 5 rings (SSSR count). The molecule has 3 aromatic rings. The Morgan fingerprint density at radius 1 is 0.970 bits per heavy atom. The second kappa shape index (κ2) is 8.24. The number of aryl methyl sites for hydroxylation is 1. The Morgan fingerprint density at radius 2 is 1.67 bits per heavy atom. The van der Waals surface area contributed by atoms with E-state index in [1.807, 2.05) is 11.0 Å². The minimum Gasteiger partial charge on any atom is -0.368 e. The van der Waals surface area contributed by atoms with Crippen molar-refractivity contribution in [3.05, 3.63) is 77.1 Å². The van der Waals surface area contributed by atoms with Crippen molar-refractivity contribution >= 4 is 11.6 Å². The molecule has 0 bridgehead atoms. The molecule has 0 radical (unpaired) electrons. The quantitative estimate of drug-likeness (QED) is 0.555. The maximum absolute atomic E-state index is 13.4. The first-order valence-corrected chi connectivity index (χ1v) is 11.2. The van der Waals surface area contributed by atoms with E-state index in [-0.39, 0.29) is 11.8 Å². The number of amides is 1. The van der Waals surface area contributed by atoms with Gasteiger partial charge < -0.3 is 9.80 Å². The molecule has 2 aromatic carbocycles. The van der Waals surface area contributed by atoms with Crippen molar-refractivity contribution in [1.29, 1.82) is 0 Å². The van der Waals surface area contributed by atoms with Gasteiger partial charge in [-0.05, 0) is 55.7 Å². The maximum Gasteiger partial charge on any atom is 0.416 e. The van der Waals surface area contributed by atoms with Gasteiger partial charge in [-0.2, -0.15) is 18.3 Å². The highest BCUT2D eigenvalue weighted by Gasteiger charge is 2.36. The van der Waals surface area contributed by atoms with E-state index in [2.05, 4.69) is 35.1 Å². The molecule has 5 nitrogen and oxygen atoms in total. The first-order valence-electron chi connectivity index (χ1n) is 11.2. The fourth-order valence-electron chi connectivity index (χ4n) is 4.45. The molecule has 1 aliphatic carbocycles. The molecular formula is C25H25F3N4O. The zero-order valence-corrected chi connectivity index (χ0v) is 18.3. The van der Waals surface area contributed by atoms with Crippen LogP contribution in [-0.4, -0.2) is 46.8 Å². The van der Waals surface area contributed by atoms with Gasteiger partial charge in [-0.1, -0.05) is 18.2 Å². The Labute approximate surface area is 190 Å². The Balaban J connectivity index is 1.37. The average Bonchev–Trinajstić information content (AvgIpc) is 3.56. The summed E-state index contributed by atoms with van der Waals surface area (Å²) < 4.78 is 41.2. The average molecular weight is 454 g/mol. The summed E-state index contributed by atoms with van der Waals surface area (Å²) >= 11 is 0. The second-order valence-electron chi connectivity index (χ2n) is 8.80. The van der Waals surface area contributed by atoms with E-state index < -0.39 is 11.7 Å². The number of piperazine rings is 1. The highest BCUT2D eigenvalue weighted by Crippen LogP contribution is 2.43. The normalized spacial score (nSPS) is 16.8. The van der Waals surface area contributed by atoms with Crippen LogP contribution >= 0.6 is 0 Å². The molecular weight excluding hydrogens is 429 g/mol. The number of rotatable bonds is 4. The minimum absolute atomic E-state index is 0.0981. The predicted octanol–water partition coefficient (Wildman–Crippen LogP) is 5.04. The van der Waals surface area contributed by atoms with Crippen molar-refractivity contribution in [2.45, 2.75) is 31.9 Å². The van der Waals surface area contributed by atoms with Gasteiger partial charge in [-0.3, -0.25) is 4.79 Å². The number of hydrogen-bond donors (Lipinski definition) is 0. The molecule has 2 heterocycles. The molecule has 1 amide bonds. The van der Waals surface area contributed by atoms with Crippen LogP contribution in [0.25, 0.3) is 5.69 Å². The van der Waals surface area contributed by atoms with Crippen molar-refractivity contribution in [3.8, 4) is 5.69 Å². The summed E-state index contributed by atoms with van der Waals surface area (Å²) in [5, 5.41) is 4.35. The van der Waals surface area contributed by atoms with Gasteiger partial charge in [0, 0.05) is 37.8 Å². The Hall–Kier alpha value is -3.29. The zero-order chi connectivity index (χ0) is 23.2. The van der Waals surface area contributed by atoms with Crippen molar-refractivity contribution in [2.75, 3.05) is 31.1 Å². The third kappa shape index (κ3) is 4.34. The van der Waals surface area contributed by atoms with E-state index in [4.69, 9.17) is 0 Å². The molecule has 8 heteroatoms. The Morgan fingerprint density at radius 3 is 2.33 bits per heavy atom. The summed E-state index contributed by atoms with van der Waals surface area (Å²) in [6.45, 7) is 4.70. The van der Waals surface area contributed by atoms with E-state index >= 15 is 0 Å². The van der Waals surface area contributed by atoms with Crippen LogP contribution in [0.15, 0.2) is 54.7 Å². The molecule has 1 aliphatic heterocycles. The summed E-state index contributed by atoms with van der Waals surface area (Å²) in [4.78, 5) is 17.5. The van der Waals surface area contributed by atoms with E-state index in [9.17, 15) is 18.0 Å². The number of alkyl halides is 3. The zero-order valence-electron chi connectivity index (χ0n) is 18.3. The molecule has 172 valence electrons. The molecule has 2 fully saturated rings. The lowest BCUT2D eigenvalue weighted by atomic mass is 10.1. The number of anilines is 1. The van der Waals surface area contributed by atoms with Gasteiger partial charge >= 0.3 is 6.18 Å². The molecule has 1 saturated carbocycles. The van der Waals surface area contributed by atoms with Crippen LogP contribution in [0.3, 0.4) is 0 Å². The number of halogens is 3. The summed E-state index contributed by atoms with van der Waals surface area (Å²) in [5.74, 6) is 0.0496. The van der Waals surface area contributed by atoms with Crippen LogP contribution in [0.4, 0.5) is 18.9 Å². The molecule has 33 heavy (non-hydrogen) atoms. The lowest BCUT2D eigenvalue weighted by Crippen LogP contribution is -2.49. The summed E-state index contributed by atoms with van der Waals surface area (Å²) in [6, 6.07) is 13.4. The van der Waals surface area contributed by atoms with E-state index in [0.717, 1.165) is 49.4 Å².